The molecule has 0 aromatic heterocycles. The van der Waals surface area contributed by atoms with Gasteiger partial charge < -0.3 is 10.4 Å². The average Bonchev–Trinajstić information content (AvgIpc) is 2.32. The fourth-order valence-corrected chi connectivity index (χ4v) is 2.02. The van der Waals surface area contributed by atoms with Gasteiger partial charge in [-0.25, -0.2) is 0 Å². The van der Waals surface area contributed by atoms with Crippen LogP contribution in [-0.2, 0) is 6.54 Å². The summed E-state index contributed by atoms with van der Waals surface area (Å²) >= 11 is 11.8. The number of hydrogen-bond donors (Lipinski definition) is 2. The lowest BCUT2D eigenvalue weighted by atomic mass is 10.0. The molecule has 0 saturated heterocycles. The van der Waals surface area contributed by atoms with E-state index in [4.69, 9.17) is 28.3 Å². The average molecular weight is 276 g/mol. The molecule has 0 saturated carbocycles. The van der Waals surface area contributed by atoms with Crippen LogP contribution < -0.4 is 5.32 Å². The van der Waals surface area contributed by atoms with Crippen molar-refractivity contribution < 1.29 is 5.11 Å². The van der Waals surface area contributed by atoms with E-state index in [1.807, 2.05) is 18.2 Å². The third-order valence-electron chi connectivity index (χ3n) is 2.86. The second-order valence-electron chi connectivity index (χ2n) is 4.17. The summed E-state index contributed by atoms with van der Waals surface area (Å²) in [6.45, 7) is 4.09. The molecule has 4 heteroatoms. The van der Waals surface area contributed by atoms with E-state index < -0.39 is 0 Å². The number of aliphatic hydroxyl groups is 1. The fraction of sp³-hybridized carbons (Fsp3) is 0.538. The Hall–Kier alpha value is -0.280. The van der Waals surface area contributed by atoms with Crippen LogP contribution in [0.2, 0.25) is 10.0 Å². The molecule has 1 atom stereocenters. The van der Waals surface area contributed by atoms with Gasteiger partial charge in [0.15, 0.2) is 0 Å². The van der Waals surface area contributed by atoms with E-state index in [0.717, 1.165) is 31.5 Å². The first-order chi connectivity index (χ1) is 8.17. The molecule has 0 aliphatic rings. The summed E-state index contributed by atoms with van der Waals surface area (Å²) in [4.78, 5) is 0. The summed E-state index contributed by atoms with van der Waals surface area (Å²) in [6, 6.07) is 5.66. The van der Waals surface area contributed by atoms with Crippen LogP contribution in [0.1, 0.15) is 25.3 Å². The molecule has 17 heavy (non-hydrogen) atoms. The van der Waals surface area contributed by atoms with Gasteiger partial charge in [-0.05, 0) is 36.6 Å². The van der Waals surface area contributed by atoms with E-state index in [1.165, 1.54) is 0 Å². The van der Waals surface area contributed by atoms with E-state index in [0.29, 0.717) is 16.0 Å². The van der Waals surface area contributed by atoms with Gasteiger partial charge in [0, 0.05) is 13.2 Å². The Morgan fingerprint density at radius 2 is 2.06 bits per heavy atom. The number of nitrogens with one attached hydrogen (secondary N) is 1. The van der Waals surface area contributed by atoms with Crippen LogP contribution in [0.15, 0.2) is 18.2 Å². The molecular formula is C13H19Cl2NO. The van der Waals surface area contributed by atoms with Gasteiger partial charge >= 0.3 is 0 Å². The number of halogens is 2. The summed E-state index contributed by atoms with van der Waals surface area (Å²) in [5, 5.41) is 13.4. The van der Waals surface area contributed by atoms with Crippen molar-refractivity contribution in [2.45, 2.75) is 26.3 Å². The second-order valence-corrected chi connectivity index (χ2v) is 4.98. The van der Waals surface area contributed by atoms with Crippen molar-refractivity contribution in [1.29, 1.82) is 0 Å². The minimum absolute atomic E-state index is 0.257. The molecule has 2 N–H and O–H groups in total. The van der Waals surface area contributed by atoms with Crippen LogP contribution in [0.25, 0.3) is 0 Å². The SMILES string of the molecule is CCC(CCO)CNCc1ccc(Cl)c(Cl)c1. The normalized spacial score (nSPS) is 12.7. The summed E-state index contributed by atoms with van der Waals surface area (Å²) in [6.07, 6.45) is 1.93. The highest BCUT2D eigenvalue weighted by Crippen LogP contribution is 2.22. The van der Waals surface area contributed by atoms with Crippen LogP contribution in [0.4, 0.5) is 0 Å². The first kappa shape index (κ1) is 14.8. The summed E-state index contributed by atoms with van der Waals surface area (Å²) < 4.78 is 0. The van der Waals surface area contributed by atoms with Crippen molar-refractivity contribution in [2.24, 2.45) is 5.92 Å². The van der Waals surface area contributed by atoms with Gasteiger partial charge in [-0.15, -0.1) is 0 Å². The zero-order valence-electron chi connectivity index (χ0n) is 10.0. The predicted octanol–water partition coefficient (Wildman–Crippen LogP) is 3.49. The highest BCUT2D eigenvalue weighted by atomic mass is 35.5. The first-order valence-electron chi connectivity index (χ1n) is 5.92. The molecule has 0 aliphatic heterocycles. The Kier molecular flexibility index (Phi) is 6.90. The van der Waals surface area contributed by atoms with Crippen molar-refractivity contribution in [3.63, 3.8) is 0 Å². The fourth-order valence-electron chi connectivity index (χ4n) is 1.70. The lowest BCUT2D eigenvalue weighted by Crippen LogP contribution is -2.22. The molecule has 0 bridgehead atoms. The third-order valence-corrected chi connectivity index (χ3v) is 3.60. The summed E-state index contributed by atoms with van der Waals surface area (Å²) in [5.41, 5.74) is 1.12. The van der Waals surface area contributed by atoms with Gasteiger partial charge in [0.25, 0.3) is 0 Å². The minimum Gasteiger partial charge on any atom is -0.396 e. The Balaban J connectivity index is 2.37. The molecular weight excluding hydrogens is 257 g/mol. The van der Waals surface area contributed by atoms with Crippen LogP contribution in [0, 0.1) is 5.92 Å². The van der Waals surface area contributed by atoms with Crippen LogP contribution >= 0.6 is 23.2 Å². The molecule has 0 radical (unpaired) electrons. The number of hydrogen-bond acceptors (Lipinski definition) is 2. The minimum atomic E-state index is 0.257. The molecule has 0 heterocycles. The molecule has 96 valence electrons. The smallest absolute Gasteiger partial charge is 0.0595 e. The molecule has 2 nitrogen and oxygen atoms in total. The van der Waals surface area contributed by atoms with E-state index in [9.17, 15) is 0 Å². The maximum Gasteiger partial charge on any atom is 0.0595 e. The van der Waals surface area contributed by atoms with E-state index >= 15 is 0 Å². The number of benzene rings is 1. The van der Waals surface area contributed by atoms with Crippen LogP contribution in [0.3, 0.4) is 0 Å². The summed E-state index contributed by atoms with van der Waals surface area (Å²) in [5.74, 6) is 0.530. The maximum absolute atomic E-state index is 8.89. The van der Waals surface area contributed by atoms with Gasteiger partial charge in [-0.1, -0.05) is 42.6 Å². The second kappa shape index (κ2) is 7.93. The Morgan fingerprint density at radius 1 is 1.29 bits per heavy atom. The lowest BCUT2D eigenvalue weighted by Gasteiger charge is -2.14. The molecule has 1 aromatic carbocycles. The van der Waals surface area contributed by atoms with Crippen molar-refractivity contribution in [1.82, 2.24) is 5.32 Å². The Bertz CT molecular complexity index is 344. The zero-order chi connectivity index (χ0) is 12.7. The number of rotatable bonds is 7. The number of aliphatic hydroxyl groups excluding tert-OH is 1. The molecule has 1 rings (SSSR count). The monoisotopic (exact) mass is 275 g/mol. The maximum atomic E-state index is 8.89. The van der Waals surface area contributed by atoms with E-state index in [2.05, 4.69) is 12.2 Å². The van der Waals surface area contributed by atoms with Crippen LogP contribution in [-0.4, -0.2) is 18.3 Å². The van der Waals surface area contributed by atoms with Crippen molar-refractivity contribution in [3.05, 3.63) is 33.8 Å². The molecule has 0 aliphatic carbocycles. The molecule has 1 unspecified atom stereocenters. The topological polar surface area (TPSA) is 32.3 Å². The van der Waals surface area contributed by atoms with Gasteiger partial charge in [0.1, 0.15) is 0 Å². The Morgan fingerprint density at radius 3 is 2.65 bits per heavy atom. The van der Waals surface area contributed by atoms with E-state index in [-0.39, 0.29) is 6.61 Å². The highest BCUT2D eigenvalue weighted by Gasteiger charge is 2.05. The van der Waals surface area contributed by atoms with Crippen molar-refractivity contribution >= 4 is 23.2 Å². The van der Waals surface area contributed by atoms with Gasteiger partial charge in [-0.2, -0.15) is 0 Å². The summed E-state index contributed by atoms with van der Waals surface area (Å²) in [7, 11) is 0. The Labute approximate surface area is 113 Å². The van der Waals surface area contributed by atoms with Crippen molar-refractivity contribution in [2.75, 3.05) is 13.2 Å². The van der Waals surface area contributed by atoms with Gasteiger partial charge in [0.05, 0.1) is 10.0 Å². The van der Waals surface area contributed by atoms with Gasteiger partial charge in [-0.3, -0.25) is 0 Å². The van der Waals surface area contributed by atoms with Crippen molar-refractivity contribution in [3.8, 4) is 0 Å². The first-order valence-corrected chi connectivity index (χ1v) is 6.68. The largest absolute Gasteiger partial charge is 0.396 e. The molecule has 0 spiro atoms. The molecule has 0 fully saturated rings. The lowest BCUT2D eigenvalue weighted by molar-refractivity contribution is 0.251. The van der Waals surface area contributed by atoms with E-state index in [1.54, 1.807) is 0 Å². The highest BCUT2D eigenvalue weighted by molar-refractivity contribution is 6.42. The zero-order valence-corrected chi connectivity index (χ0v) is 11.6. The quantitative estimate of drug-likeness (QED) is 0.799. The van der Waals surface area contributed by atoms with Gasteiger partial charge in [0.2, 0.25) is 0 Å². The van der Waals surface area contributed by atoms with Crippen LogP contribution in [0.5, 0.6) is 0 Å². The molecule has 0 amide bonds. The standard InChI is InChI=1S/C13H19Cl2NO/c1-2-10(5-6-17)8-16-9-11-3-4-12(14)13(15)7-11/h3-4,7,10,16-17H,2,5-6,8-9H2,1H3. The predicted molar refractivity (Wildman–Crippen MR) is 73.7 cm³/mol. The third kappa shape index (κ3) is 5.26. The molecule has 1 aromatic rings.